The quantitative estimate of drug-likeness (QED) is 0.350. The van der Waals surface area contributed by atoms with E-state index in [1.807, 2.05) is 68.7 Å². The van der Waals surface area contributed by atoms with E-state index >= 15 is 0 Å². The summed E-state index contributed by atoms with van der Waals surface area (Å²) >= 11 is 0. The first-order chi connectivity index (χ1) is 14.9. The molecule has 3 aromatic rings. The van der Waals surface area contributed by atoms with E-state index in [4.69, 9.17) is 0 Å². The van der Waals surface area contributed by atoms with Gasteiger partial charge in [-0.3, -0.25) is 14.9 Å². The maximum absolute atomic E-state index is 12.9. The van der Waals surface area contributed by atoms with Crippen molar-refractivity contribution in [2.45, 2.75) is 6.54 Å². The van der Waals surface area contributed by atoms with Crippen LogP contribution >= 0.6 is 0 Å². The lowest BCUT2D eigenvalue weighted by Gasteiger charge is -2.16. The largest absolute Gasteiger partial charge is 0.354 e. The van der Waals surface area contributed by atoms with Crippen molar-refractivity contribution in [2.24, 2.45) is 0 Å². The van der Waals surface area contributed by atoms with Crippen LogP contribution < -0.4 is 10.6 Å². The zero-order valence-corrected chi connectivity index (χ0v) is 17.3. The first kappa shape index (κ1) is 20.3. The van der Waals surface area contributed by atoms with E-state index in [-0.39, 0.29) is 11.6 Å². The van der Waals surface area contributed by atoms with Crippen molar-refractivity contribution in [2.75, 3.05) is 24.7 Å². The van der Waals surface area contributed by atoms with Crippen LogP contribution in [0, 0.1) is 10.1 Å². The first-order valence-corrected chi connectivity index (χ1v) is 9.83. The van der Waals surface area contributed by atoms with E-state index in [9.17, 15) is 14.9 Å². The number of hydrogen-bond acceptors (Lipinski definition) is 5. The minimum atomic E-state index is -0.457. The van der Waals surface area contributed by atoms with Crippen molar-refractivity contribution in [3.05, 3.63) is 99.6 Å². The van der Waals surface area contributed by atoms with Gasteiger partial charge >= 0.3 is 0 Å². The fourth-order valence-corrected chi connectivity index (χ4v) is 3.66. The minimum Gasteiger partial charge on any atom is -0.354 e. The second kappa shape index (κ2) is 8.41. The number of anilines is 2. The predicted molar refractivity (Wildman–Crippen MR) is 122 cm³/mol. The van der Waals surface area contributed by atoms with Crippen LogP contribution in [-0.2, 0) is 11.3 Å². The Morgan fingerprint density at radius 1 is 1.03 bits per heavy atom. The highest BCUT2D eigenvalue weighted by Crippen LogP contribution is 2.39. The molecule has 1 aliphatic heterocycles. The molecule has 0 radical (unpaired) electrons. The Balaban J connectivity index is 1.86. The highest BCUT2D eigenvalue weighted by Gasteiger charge is 2.30. The maximum atomic E-state index is 12.9. The molecule has 0 saturated heterocycles. The van der Waals surface area contributed by atoms with Crippen LogP contribution in [0.4, 0.5) is 17.1 Å². The molecule has 2 N–H and O–H groups in total. The standard InChI is InChI=1S/C24H22N4O3/c1-27(2)15-16-7-6-10-18(13-16)25-23(17-8-4-3-5-9-17)22-20-14-19(28(30)31)11-12-21(20)26-24(22)29/h3-14,25H,15H2,1-2H3,(H,26,29). The van der Waals surface area contributed by atoms with E-state index in [1.165, 1.54) is 12.1 Å². The summed E-state index contributed by atoms with van der Waals surface area (Å²) in [5.41, 5.74) is 4.74. The van der Waals surface area contributed by atoms with E-state index in [0.29, 0.717) is 22.5 Å². The normalized spacial score (nSPS) is 14.2. The lowest BCUT2D eigenvalue weighted by Crippen LogP contribution is -2.12. The Morgan fingerprint density at radius 2 is 1.81 bits per heavy atom. The minimum absolute atomic E-state index is 0.0619. The first-order valence-electron chi connectivity index (χ1n) is 9.83. The molecule has 0 unspecified atom stereocenters. The summed E-state index contributed by atoms with van der Waals surface area (Å²) in [6.45, 7) is 0.780. The Kier molecular flexibility index (Phi) is 5.51. The summed E-state index contributed by atoms with van der Waals surface area (Å²) in [6.07, 6.45) is 0. The number of rotatable bonds is 6. The molecule has 7 heteroatoms. The number of nitrogens with zero attached hydrogens (tertiary/aromatic N) is 2. The van der Waals surface area contributed by atoms with E-state index in [0.717, 1.165) is 23.4 Å². The summed E-state index contributed by atoms with van der Waals surface area (Å²) in [6, 6.07) is 21.9. The van der Waals surface area contributed by atoms with Gasteiger partial charge in [0.2, 0.25) is 0 Å². The van der Waals surface area contributed by atoms with Gasteiger partial charge in [0, 0.05) is 35.6 Å². The number of carbonyl (C=O) groups is 1. The number of nitro benzene ring substituents is 1. The number of nitro groups is 1. The monoisotopic (exact) mass is 414 g/mol. The molecule has 0 fully saturated rings. The summed E-state index contributed by atoms with van der Waals surface area (Å²) in [7, 11) is 4.01. The molecule has 1 aliphatic rings. The lowest BCUT2D eigenvalue weighted by molar-refractivity contribution is -0.384. The van der Waals surface area contributed by atoms with E-state index in [2.05, 4.69) is 15.5 Å². The van der Waals surface area contributed by atoms with Gasteiger partial charge < -0.3 is 15.5 Å². The number of amides is 1. The van der Waals surface area contributed by atoms with Crippen molar-refractivity contribution in [1.29, 1.82) is 0 Å². The smallest absolute Gasteiger partial charge is 0.270 e. The van der Waals surface area contributed by atoms with E-state index < -0.39 is 4.92 Å². The lowest BCUT2D eigenvalue weighted by atomic mass is 9.99. The molecule has 156 valence electrons. The van der Waals surface area contributed by atoms with Crippen molar-refractivity contribution in [3.8, 4) is 0 Å². The Labute approximate surface area is 180 Å². The molecule has 1 heterocycles. The Morgan fingerprint density at radius 3 is 2.52 bits per heavy atom. The molecule has 4 rings (SSSR count). The third-order valence-electron chi connectivity index (χ3n) is 4.97. The van der Waals surface area contributed by atoms with Gasteiger partial charge in [-0.2, -0.15) is 0 Å². The van der Waals surface area contributed by atoms with Gasteiger partial charge in [-0.15, -0.1) is 0 Å². The topological polar surface area (TPSA) is 87.5 Å². The average Bonchev–Trinajstić information content (AvgIpc) is 3.07. The van der Waals surface area contributed by atoms with Gasteiger partial charge in [0.05, 0.1) is 16.2 Å². The Hall–Kier alpha value is -3.97. The average molecular weight is 414 g/mol. The molecule has 7 nitrogen and oxygen atoms in total. The van der Waals surface area contributed by atoms with Crippen LogP contribution in [0.5, 0.6) is 0 Å². The van der Waals surface area contributed by atoms with Crippen molar-refractivity contribution in [1.82, 2.24) is 4.90 Å². The van der Waals surface area contributed by atoms with Crippen LogP contribution in [0.25, 0.3) is 11.3 Å². The number of nitrogens with one attached hydrogen (secondary N) is 2. The van der Waals surface area contributed by atoms with Crippen LogP contribution in [-0.4, -0.2) is 29.8 Å². The molecule has 3 aromatic carbocycles. The molecule has 0 atom stereocenters. The highest BCUT2D eigenvalue weighted by atomic mass is 16.6. The summed E-state index contributed by atoms with van der Waals surface area (Å²) in [5, 5.41) is 17.5. The summed E-state index contributed by atoms with van der Waals surface area (Å²) < 4.78 is 0. The van der Waals surface area contributed by atoms with Gasteiger partial charge in [0.1, 0.15) is 0 Å². The summed E-state index contributed by atoms with van der Waals surface area (Å²) in [4.78, 5) is 25.9. The molecule has 31 heavy (non-hydrogen) atoms. The fraction of sp³-hybridized carbons (Fsp3) is 0.125. The highest BCUT2D eigenvalue weighted by molar-refractivity contribution is 6.37. The van der Waals surface area contributed by atoms with Crippen molar-refractivity contribution >= 4 is 34.2 Å². The molecule has 0 spiro atoms. The van der Waals surface area contributed by atoms with Gasteiger partial charge in [-0.05, 0) is 43.4 Å². The maximum Gasteiger partial charge on any atom is 0.270 e. The summed E-state index contributed by atoms with van der Waals surface area (Å²) in [5.74, 6) is -0.300. The second-order valence-electron chi connectivity index (χ2n) is 7.62. The van der Waals surface area contributed by atoms with Gasteiger partial charge in [0.25, 0.3) is 11.6 Å². The molecular formula is C24H22N4O3. The van der Waals surface area contributed by atoms with Crippen molar-refractivity contribution in [3.63, 3.8) is 0 Å². The number of carbonyl (C=O) groups excluding carboxylic acids is 1. The van der Waals surface area contributed by atoms with E-state index in [1.54, 1.807) is 6.07 Å². The molecule has 0 saturated carbocycles. The molecule has 0 aromatic heterocycles. The zero-order chi connectivity index (χ0) is 22.0. The van der Waals surface area contributed by atoms with Crippen molar-refractivity contribution < 1.29 is 9.72 Å². The fourth-order valence-electron chi connectivity index (χ4n) is 3.66. The van der Waals surface area contributed by atoms with Crippen LogP contribution in [0.2, 0.25) is 0 Å². The van der Waals surface area contributed by atoms with Crippen LogP contribution in [0.3, 0.4) is 0 Å². The second-order valence-corrected chi connectivity index (χ2v) is 7.62. The third kappa shape index (κ3) is 4.31. The third-order valence-corrected chi connectivity index (χ3v) is 4.97. The Bertz CT molecular complexity index is 1190. The zero-order valence-electron chi connectivity index (χ0n) is 17.3. The van der Waals surface area contributed by atoms with Crippen LogP contribution in [0.1, 0.15) is 16.7 Å². The molecule has 1 amide bonds. The predicted octanol–water partition coefficient (Wildman–Crippen LogP) is 4.59. The number of fused-ring (bicyclic) bond motifs is 1. The van der Waals surface area contributed by atoms with Gasteiger partial charge in [-0.1, -0.05) is 42.5 Å². The molecule has 0 aliphatic carbocycles. The molecular weight excluding hydrogens is 392 g/mol. The molecule has 0 bridgehead atoms. The van der Waals surface area contributed by atoms with Gasteiger partial charge in [-0.25, -0.2) is 0 Å². The number of benzene rings is 3. The number of non-ortho nitro benzene ring substituents is 1. The number of hydrogen-bond donors (Lipinski definition) is 2. The van der Waals surface area contributed by atoms with Gasteiger partial charge in [0.15, 0.2) is 0 Å². The SMILES string of the molecule is CN(C)Cc1cccc(NC(=C2C(=O)Nc3ccc([N+](=O)[O-])cc32)c2ccccc2)c1. The van der Waals surface area contributed by atoms with Crippen LogP contribution in [0.15, 0.2) is 72.8 Å².